The number of hydrogen-bond donors (Lipinski definition) is 0. The number of carbonyl (C=O) groups is 2. The van der Waals surface area contributed by atoms with Gasteiger partial charge in [0.05, 0.1) is 17.1 Å². The van der Waals surface area contributed by atoms with Crippen LogP contribution in [0.25, 0.3) is 11.0 Å². The van der Waals surface area contributed by atoms with E-state index in [1.807, 2.05) is 29.2 Å². The van der Waals surface area contributed by atoms with E-state index in [-0.39, 0.29) is 47.6 Å². The lowest BCUT2D eigenvalue weighted by Crippen LogP contribution is -2.56. The molecule has 0 spiro atoms. The molecule has 1 aromatic carbocycles. The Morgan fingerprint density at radius 2 is 1.77 bits per heavy atom. The summed E-state index contributed by atoms with van der Waals surface area (Å²) in [6.07, 6.45) is 5.14. The third kappa shape index (κ3) is 2.60. The molecule has 0 radical (unpaired) electrons. The molecule has 0 unspecified atom stereocenters. The average Bonchev–Trinajstić information content (AvgIpc) is 3.01. The molecule has 7 nitrogen and oxygen atoms in total. The van der Waals surface area contributed by atoms with Gasteiger partial charge in [0.15, 0.2) is 0 Å². The summed E-state index contributed by atoms with van der Waals surface area (Å²) in [6.45, 7) is 4.55. The number of likely N-dealkylation sites (tertiary alicyclic amines) is 2. The summed E-state index contributed by atoms with van der Waals surface area (Å²) in [4.78, 5) is 42.9. The van der Waals surface area contributed by atoms with Crippen LogP contribution in [0, 0.1) is 5.41 Å². The highest BCUT2D eigenvalue weighted by atomic mass is 16.2. The van der Waals surface area contributed by atoms with Gasteiger partial charge in [-0.25, -0.2) is 4.79 Å². The highest BCUT2D eigenvalue weighted by molar-refractivity contribution is 5.82. The van der Waals surface area contributed by atoms with Crippen molar-refractivity contribution in [2.75, 3.05) is 6.54 Å². The van der Waals surface area contributed by atoms with Crippen molar-refractivity contribution in [1.29, 1.82) is 0 Å². The number of piperidine rings is 1. The molecule has 30 heavy (non-hydrogen) atoms. The lowest BCUT2D eigenvalue weighted by Gasteiger charge is -2.46. The number of rotatable bonds is 2. The Morgan fingerprint density at radius 3 is 2.47 bits per heavy atom. The molecular weight excluding hydrogens is 380 g/mol. The molecule has 1 saturated carbocycles. The van der Waals surface area contributed by atoms with Gasteiger partial charge in [0.2, 0.25) is 11.8 Å². The van der Waals surface area contributed by atoms with Gasteiger partial charge in [-0.3, -0.25) is 18.7 Å². The third-order valence-corrected chi connectivity index (χ3v) is 7.94. The summed E-state index contributed by atoms with van der Waals surface area (Å²) in [5, 5.41) is 0. The van der Waals surface area contributed by atoms with E-state index >= 15 is 0 Å². The maximum absolute atomic E-state index is 13.6. The Balaban J connectivity index is 1.51. The fraction of sp³-hybridized carbons (Fsp3) is 0.609. The van der Waals surface area contributed by atoms with Crippen LogP contribution in [0.4, 0.5) is 0 Å². The second-order valence-electron chi connectivity index (χ2n) is 9.57. The first-order valence-electron chi connectivity index (χ1n) is 11.1. The van der Waals surface area contributed by atoms with E-state index in [9.17, 15) is 14.4 Å². The van der Waals surface area contributed by atoms with Gasteiger partial charge in [0, 0.05) is 38.0 Å². The van der Waals surface area contributed by atoms with Crippen molar-refractivity contribution in [3.05, 3.63) is 34.7 Å². The number of hydrogen-bond acceptors (Lipinski definition) is 3. The molecule has 160 valence electrons. The second-order valence-corrected chi connectivity index (χ2v) is 9.57. The van der Waals surface area contributed by atoms with Gasteiger partial charge < -0.3 is 9.80 Å². The molecule has 3 aliphatic rings. The Bertz CT molecular complexity index is 1090. The van der Waals surface area contributed by atoms with Crippen LogP contribution in [-0.4, -0.2) is 55.4 Å². The number of imidazole rings is 1. The first kappa shape index (κ1) is 19.4. The van der Waals surface area contributed by atoms with Crippen LogP contribution < -0.4 is 5.69 Å². The van der Waals surface area contributed by atoms with E-state index in [0.29, 0.717) is 6.54 Å². The number of carbonyl (C=O) groups excluding carboxylic acids is 2. The van der Waals surface area contributed by atoms with Crippen molar-refractivity contribution in [3.8, 4) is 0 Å². The molecule has 3 heterocycles. The molecule has 1 aromatic heterocycles. The Kier molecular flexibility index (Phi) is 4.35. The standard InChI is InChI=1S/C23H30N4O3/c1-15(28)27-16-12-23(2)19(10-6-7-11-20(23)27)26(13-16)21(29)14-25-18-9-5-4-8-17(18)24(3)22(25)30/h4-5,8-9,16,19-20H,6-7,10-14H2,1-3H3/t16-,19+,20-,23+/m0/s1. The molecule has 3 fully saturated rings. The fourth-order valence-corrected chi connectivity index (χ4v) is 6.66. The van der Waals surface area contributed by atoms with Gasteiger partial charge in [-0.15, -0.1) is 0 Å². The Labute approximate surface area is 176 Å². The van der Waals surface area contributed by atoms with Crippen LogP contribution in [0.15, 0.2) is 29.1 Å². The van der Waals surface area contributed by atoms with Crippen LogP contribution in [0.2, 0.25) is 0 Å². The van der Waals surface area contributed by atoms with Crippen molar-refractivity contribution < 1.29 is 9.59 Å². The Hall–Kier alpha value is -2.57. The first-order valence-corrected chi connectivity index (χ1v) is 11.1. The van der Waals surface area contributed by atoms with E-state index in [0.717, 1.165) is 43.1 Å². The summed E-state index contributed by atoms with van der Waals surface area (Å²) < 4.78 is 3.19. The monoisotopic (exact) mass is 410 g/mol. The lowest BCUT2D eigenvalue weighted by atomic mass is 9.71. The highest BCUT2D eigenvalue weighted by Gasteiger charge is 2.60. The topological polar surface area (TPSA) is 67.6 Å². The minimum Gasteiger partial charge on any atom is -0.335 e. The first-order chi connectivity index (χ1) is 14.3. The van der Waals surface area contributed by atoms with Crippen LogP contribution in [0.3, 0.4) is 0 Å². The number of benzene rings is 1. The van der Waals surface area contributed by atoms with Gasteiger partial charge in [-0.1, -0.05) is 31.9 Å². The van der Waals surface area contributed by atoms with E-state index in [4.69, 9.17) is 0 Å². The van der Waals surface area contributed by atoms with Crippen LogP contribution in [0.1, 0.15) is 46.0 Å². The van der Waals surface area contributed by atoms with Gasteiger partial charge in [-0.05, 0) is 31.4 Å². The maximum Gasteiger partial charge on any atom is 0.329 e. The molecule has 2 bridgehead atoms. The fourth-order valence-electron chi connectivity index (χ4n) is 6.66. The molecule has 2 amide bonds. The minimum absolute atomic E-state index is 0.0135. The number of aryl methyl sites for hydroxylation is 1. The van der Waals surface area contributed by atoms with E-state index in [2.05, 4.69) is 11.8 Å². The van der Waals surface area contributed by atoms with E-state index < -0.39 is 0 Å². The number of aromatic nitrogens is 2. The molecule has 0 N–H and O–H groups in total. The van der Waals surface area contributed by atoms with E-state index in [1.165, 1.54) is 0 Å². The molecule has 2 saturated heterocycles. The quantitative estimate of drug-likeness (QED) is 0.762. The summed E-state index contributed by atoms with van der Waals surface area (Å²) in [5.41, 5.74) is 1.39. The highest BCUT2D eigenvalue weighted by Crippen LogP contribution is 2.53. The minimum atomic E-state index is -0.167. The normalized spacial score (nSPS) is 30.6. The van der Waals surface area contributed by atoms with Crippen molar-refractivity contribution in [3.63, 3.8) is 0 Å². The van der Waals surface area contributed by atoms with E-state index in [1.54, 1.807) is 23.1 Å². The molecular formula is C23H30N4O3. The number of amides is 2. The van der Waals surface area contributed by atoms with Crippen LogP contribution in [0.5, 0.6) is 0 Å². The summed E-state index contributed by atoms with van der Waals surface area (Å²) in [7, 11) is 1.74. The Morgan fingerprint density at radius 1 is 1.10 bits per heavy atom. The van der Waals surface area contributed by atoms with Crippen LogP contribution >= 0.6 is 0 Å². The number of para-hydroxylation sites is 2. The summed E-state index contributed by atoms with van der Waals surface area (Å²) >= 11 is 0. The molecule has 5 rings (SSSR count). The van der Waals surface area contributed by atoms with Crippen molar-refractivity contribution >= 4 is 22.8 Å². The maximum atomic E-state index is 13.6. The molecule has 1 aliphatic carbocycles. The predicted molar refractivity (Wildman–Crippen MR) is 114 cm³/mol. The van der Waals surface area contributed by atoms with Crippen LogP contribution in [-0.2, 0) is 23.2 Å². The summed E-state index contributed by atoms with van der Waals surface area (Å²) in [5.74, 6) is 0.106. The number of nitrogens with zero attached hydrogens (tertiary/aromatic N) is 4. The zero-order valence-corrected chi connectivity index (χ0v) is 18.0. The largest absolute Gasteiger partial charge is 0.335 e. The smallest absolute Gasteiger partial charge is 0.329 e. The third-order valence-electron chi connectivity index (χ3n) is 7.94. The molecule has 2 aromatic rings. The molecule has 7 heteroatoms. The van der Waals surface area contributed by atoms with Gasteiger partial charge >= 0.3 is 5.69 Å². The molecule has 4 atom stereocenters. The van der Waals surface area contributed by atoms with Crippen molar-refractivity contribution in [2.24, 2.45) is 12.5 Å². The zero-order chi connectivity index (χ0) is 21.2. The predicted octanol–water partition coefficient (Wildman–Crippen LogP) is 2.12. The SMILES string of the molecule is CC(=O)N1[C@@H]2CN(C(=O)Cn3c(=O)n(C)c4ccccc43)[C@@H]3CCCC[C@H]1[C@]3(C)C2. The summed E-state index contributed by atoms with van der Waals surface area (Å²) in [6, 6.07) is 8.02. The zero-order valence-electron chi connectivity index (χ0n) is 18.0. The van der Waals surface area contributed by atoms with Gasteiger partial charge in [0.25, 0.3) is 0 Å². The average molecular weight is 411 g/mol. The van der Waals surface area contributed by atoms with Gasteiger partial charge in [-0.2, -0.15) is 0 Å². The van der Waals surface area contributed by atoms with Gasteiger partial charge in [0.1, 0.15) is 6.54 Å². The van der Waals surface area contributed by atoms with Crippen molar-refractivity contribution in [2.45, 2.75) is 70.6 Å². The van der Waals surface area contributed by atoms with Crippen molar-refractivity contribution in [1.82, 2.24) is 18.9 Å². The molecule has 2 aliphatic heterocycles. The number of fused-ring (bicyclic) bond motifs is 2. The second kappa shape index (κ2) is 6.72. The lowest BCUT2D eigenvalue weighted by molar-refractivity contribution is -0.140.